The Hall–Kier alpha value is -2.87. The number of carbonyl (C=O) groups is 5. The predicted octanol–water partition coefficient (Wildman–Crippen LogP) is 0.739. The Morgan fingerprint density at radius 2 is 1.21 bits per heavy atom. The number of rotatable bonds is 18. The van der Waals surface area contributed by atoms with Crippen LogP contribution in [0.5, 0.6) is 0 Å². The third kappa shape index (κ3) is 16.7. The Morgan fingerprint density at radius 1 is 0.765 bits per heavy atom. The number of hydrogen-bond acceptors (Lipinski definition) is 11. The van der Waals surface area contributed by atoms with E-state index in [1.54, 1.807) is 0 Å². The predicted molar refractivity (Wildman–Crippen MR) is 113 cm³/mol. The molecular formula is C20H30NO12S-. The highest BCUT2D eigenvalue weighted by molar-refractivity contribution is 7.87. The van der Waals surface area contributed by atoms with E-state index in [0.717, 1.165) is 0 Å². The zero-order valence-corrected chi connectivity index (χ0v) is 19.5. The first-order valence-electron chi connectivity index (χ1n) is 10.7. The smallest absolute Gasteiger partial charge is 0.335 e. The maximum absolute atomic E-state index is 12.0. The second-order valence-corrected chi connectivity index (χ2v) is 9.09. The van der Waals surface area contributed by atoms with Crippen molar-refractivity contribution in [3.8, 4) is 0 Å². The lowest BCUT2D eigenvalue weighted by Crippen LogP contribution is -2.35. The average molecular weight is 509 g/mol. The Labute approximate surface area is 197 Å². The third-order valence-corrected chi connectivity index (χ3v) is 5.56. The van der Waals surface area contributed by atoms with Gasteiger partial charge in [0.15, 0.2) is 11.1 Å². The summed E-state index contributed by atoms with van der Waals surface area (Å²) in [7, 11) is -5.08. The fourth-order valence-corrected chi connectivity index (χ4v) is 3.38. The van der Waals surface area contributed by atoms with Gasteiger partial charge in [-0.1, -0.05) is 25.7 Å². The molecule has 0 aliphatic carbocycles. The number of hydrogen-bond donors (Lipinski definition) is 3. The number of carboxylic acids is 2. The second kappa shape index (κ2) is 16.7. The molecule has 0 aliphatic heterocycles. The molecule has 0 saturated heterocycles. The number of nitrogens with one attached hydrogen (secondary N) is 1. The molecule has 0 aliphatic rings. The molecule has 34 heavy (non-hydrogen) atoms. The molecule has 14 heteroatoms. The van der Waals surface area contributed by atoms with Crippen molar-refractivity contribution < 1.29 is 56.6 Å². The summed E-state index contributed by atoms with van der Waals surface area (Å²) in [5, 5.41) is 24.1. The van der Waals surface area contributed by atoms with Crippen molar-refractivity contribution in [2.75, 3.05) is 0 Å². The molecule has 0 aromatic rings. The SMILES string of the molecule is N=C(CC(C(=O)OC(=O)CCCCCCC(=O)O)S(=O)(=O)O)OC(=O)CCCCCCC(=O)[O-]. The number of carbonyl (C=O) groups excluding carboxylic acids is 4. The molecule has 194 valence electrons. The first-order valence-corrected chi connectivity index (χ1v) is 12.2. The van der Waals surface area contributed by atoms with Crippen molar-refractivity contribution in [2.45, 2.75) is 88.7 Å². The van der Waals surface area contributed by atoms with Crippen LogP contribution in [0.3, 0.4) is 0 Å². The minimum absolute atomic E-state index is 0.0137. The van der Waals surface area contributed by atoms with Gasteiger partial charge < -0.3 is 24.5 Å². The maximum Gasteiger partial charge on any atom is 0.335 e. The third-order valence-electron chi connectivity index (χ3n) is 4.48. The monoisotopic (exact) mass is 508 g/mol. The summed E-state index contributed by atoms with van der Waals surface area (Å²) in [5.74, 6) is -6.59. The Morgan fingerprint density at radius 3 is 1.65 bits per heavy atom. The quantitative estimate of drug-likeness (QED) is 0.0581. The largest absolute Gasteiger partial charge is 0.550 e. The molecule has 3 N–H and O–H groups in total. The lowest BCUT2D eigenvalue weighted by atomic mass is 10.1. The summed E-state index contributed by atoms with van der Waals surface area (Å²) in [5.41, 5.74) is 0. The van der Waals surface area contributed by atoms with Crippen LogP contribution in [0.1, 0.15) is 83.5 Å². The van der Waals surface area contributed by atoms with E-state index in [4.69, 9.17) is 10.5 Å². The molecule has 13 nitrogen and oxygen atoms in total. The van der Waals surface area contributed by atoms with E-state index in [0.29, 0.717) is 44.9 Å². The lowest BCUT2D eigenvalue weighted by Gasteiger charge is -2.13. The van der Waals surface area contributed by atoms with Gasteiger partial charge >= 0.3 is 23.9 Å². The summed E-state index contributed by atoms with van der Waals surface area (Å²) < 4.78 is 41.3. The van der Waals surface area contributed by atoms with Crippen molar-refractivity contribution in [1.29, 1.82) is 5.41 Å². The number of aliphatic carboxylic acids is 2. The van der Waals surface area contributed by atoms with Gasteiger partial charge in [0.05, 0.1) is 6.42 Å². The molecule has 0 radical (unpaired) electrons. The van der Waals surface area contributed by atoms with E-state index < -0.39 is 57.5 Å². The van der Waals surface area contributed by atoms with Gasteiger partial charge in [-0.25, -0.2) is 0 Å². The van der Waals surface area contributed by atoms with Gasteiger partial charge in [0.1, 0.15) is 0 Å². The fraction of sp³-hybridized carbons (Fsp3) is 0.700. The molecule has 1 atom stereocenters. The number of carboxylic acid groups (broad SMARTS) is 2. The van der Waals surface area contributed by atoms with Crippen molar-refractivity contribution >= 4 is 45.9 Å². The standard InChI is InChI=1S/C20H31NO12S/c21-15(32-18(26)11-7-3-1-5-9-16(22)23)13-14(34(29,30)31)20(28)33-19(27)12-8-4-2-6-10-17(24)25/h14,21H,1-13H2,(H,22,23)(H,24,25)(H,29,30,31)/p-1. The molecule has 0 fully saturated rings. The first kappa shape index (κ1) is 31.1. The van der Waals surface area contributed by atoms with Gasteiger partial charge in [0, 0.05) is 25.2 Å². The van der Waals surface area contributed by atoms with Crippen LogP contribution in [0.15, 0.2) is 0 Å². The van der Waals surface area contributed by atoms with Gasteiger partial charge in [-0.2, -0.15) is 8.42 Å². The second-order valence-electron chi connectivity index (χ2n) is 7.49. The molecule has 1 unspecified atom stereocenters. The summed E-state index contributed by atoms with van der Waals surface area (Å²) in [6.07, 6.45) is 1.92. The Balaban J connectivity index is 4.45. The summed E-state index contributed by atoms with van der Waals surface area (Å²) in [6, 6.07) is 0. The molecule has 0 spiro atoms. The van der Waals surface area contributed by atoms with Gasteiger partial charge in [-0.05, 0) is 32.1 Å². The van der Waals surface area contributed by atoms with Crippen LogP contribution >= 0.6 is 0 Å². The highest BCUT2D eigenvalue weighted by Gasteiger charge is 2.36. The molecule has 0 rings (SSSR count). The number of esters is 3. The minimum atomic E-state index is -5.08. The minimum Gasteiger partial charge on any atom is -0.550 e. The van der Waals surface area contributed by atoms with Gasteiger partial charge in [0.2, 0.25) is 0 Å². The molecule has 0 heterocycles. The van der Waals surface area contributed by atoms with Gasteiger partial charge in [-0.15, -0.1) is 0 Å². The summed E-state index contributed by atoms with van der Waals surface area (Å²) >= 11 is 0. The van der Waals surface area contributed by atoms with E-state index in [9.17, 15) is 42.0 Å². The molecule has 0 amide bonds. The molecule has 0 bridgehead atoms. The summed E-state index contributed by atoms with van der Waals surface area (Å²) in [4.78, 5) is 56.2. The molecular weight excluding hydrogens is 478 g/mol. The maximum atomic E-state index is 12.0. The first-order chi connectivity index (χ1) is 15.8. The number of unbranched alkanes of at least 4 members (excludes halogenated alkanes) is 6. The Bertz CT molecular complexity index is 836. The zero-order valence-electron chi connectivity index (χ0n) is 18.7. The topological polar surface area (TPSA) is 225 Å². The van der Waals surface area contributed by atoms with Crippen molar-refractivity contribution in [1.82, 2.24) is 0 Å². The molecule has 0 aromatic carbocycles. The summed E-state index contributed by atoms with van der Waals surface area (Å²) in [6.45, 7) is 0. The van der Waals surface area contributed by atoms with E-state index in [2.05, 4.69) is 9.47 Å². The van der Waals surface area contributed by atoms with E-state index in [1.807, 2.05) is 0 Å². The fourth-order valence-electron chi connectivity index (χ4n) is 2.73. The van der Waals surface area contributed by atoms with Gasteiger partial charge in [0.25, 0.3) is 10.1 Å². The zero-order chi connectivity index (χ0) is 26.1. The lowest BCUT2D eigenvalue weighted by molar-refractivity contribution is -0.305. The van der Waals surface area contributed by atoms with Gasteiger partial charge in [-0.3, -0.25) is 29.1 Å². The van der Waals surface area contributed by atoms with Crippen LogP contribution in [-0.2, 0) is 43.6 Å². The van der Waals surface area contributed by atoms with Crippen LogP contribution in [-0.4, -0.2) is 59.1 Å². The molecule has 0 aromatic heterocycles. The highest BCUT2D eigenvalue weighted by atomic mass is 32.2. The van der Waals surface area contributed by atoms with Crippen molar-refractivity contribution in [3.63, 3.8) is 0 Å². The van der Waals surface area contributed by atoms with E-state index in [-0.39, 0.29) is 32.1 Å². The van der Waals surface area contributed by atoms with Crippen LogP contribution < -0.4 is 5.11 Å². The van der Waals surface area contributed by atoms with Crippen molar-refractivity contribution in [2.24, 2.45) is 0 Å². The number of ether oxygens (including phenoxy) is 2. The normalized spacial score (nSPS) is 11.9. The van der Waals surface area contributed by atoms with E-state index >= 15 is 0 Å². The van der Waals surface area contributed by atoms with Crippen molar-refractivity contribution in [3.05, 3.63) is 0 Å². The average Bonchev–Trinajstić information content (AvgIpc) is 2.69. The molecule has 0 saturated carbocycles. The van der Waals surface area contributed by atoms with Crippen LogP contribution in [0.25, 0.3) is 0 Å². The van der Waals surface area contributed by atoms with Crippen LogP contribution in [0.2, 0.25) is 0 Å². The highest BCUT2D eigenvalue weighted by Crippen LogP contribution is 2.12. The Kier molecular flexibility index (Phi) is 15.3. The van der Waals surface area contributed by atoms with Crippen LogP contribution in [0, 0.1) is 5.41 Å². The van der Waals surface area contributed by atoms with E-state index in [1.165, 1.54) is 0 Å². The van der Waals surface area contributed by atoms with Crippen LogP contribution in [0.4, 0.5) is 0 Å².